The third kappa shape index (κ3) is 5.43. The highest BCUT2D eigenvalue weighted by atomic mass is 32.2. The fourth-order valence-electron chi connectivity index (χ4n) is 2.03. The topological polar surface area (TPSA) is 106 Å². The number of hydrogen-bond donors (Lipinski definition) is 1. The van der Waals surface area contributed by atoms with Crippen LogP contribution in [0.25, 0.3) is 0 Å². The second-order valence-corrected chi connectivity index (χ2v) is 8.33. The van der Waals surface area contributed by atoms with Crippen molar-refractivity contribution >= 4 is 32.1 Å². The molecule has 0 fully saturated rings. The Morgan fingerprint density at radius 2 is 1.88 bits per heavy atom. The third-order valence-electron chi connectivity index (χ3n) is 3.14. The van der Waals surface area contributed by atoms with Gasteiger partial charge < -0.3 is 5.32 Å². The van der Waals surface area contributed by atoms with E-state index in [-0.39, 0.29) is 34.3 Å². The number of thiophene rings is 1. The van der Waals surface area contributed by atoms with Crippen molar-refractivity contribution in [3.63, 3.8) is 0 Å². The average Bonchev–Trinajstić information content (AvgIpc) is 3.02. The molecule has 0 radical (unpaired) electrons. The van der Waals surface area contributed by atoms with E-state index >= 15 is 0 Å². The molecule has 0 saturated heterocycles. The Kier molecular flexibility index (Phi) is 6.04. The van der Waals surface area contributed by atoms with Crippen LogP contribution in [0.4, 0.5) is 5.00 Å². The van der Waals surface area contributed by atoms with Gasteiger partial charge in [0.15, 0.2) is 9.84 Å². The number of sulfone groups is 1. The highest BCUT2D eigenvalue weighted by molar-refractivity contribution is 7.90. The fraction of sp³-hybridized carbons (Fsp3) is 0.267. The molecule has 1 aromatic heterocycles. The molecular formula is C15H16N2O5S2. The van der Waals surface area contributed by atoms with E-state index in [1.807, 2.05) is 6.07 Å². The van der Waals surface area contributed by atoms with E-state index in [2.05, 4.69) is 5.32 Å². The second-order valence-electron chi connectivity index (χ2n) is 5.08. The molecule has 9 heteroatoms. The van der Waals surface area contributed by atoms with Crippen molar-refractivity contribution in [2.24, 2.45) is 0 Å². The molecule has 24 heavy (non-hydrogen) atoms. The molecule has 7 nitrogen and oxygen atoms in total. The largest absolute Gasteiger partial charge is 0.351 e. The van der Waals surface area contributed by atoms with Crippen molar-refractivity contribution in [3.8, 4) is 0 Å². The Balaban J connectivity index is 1.77. The van der Waals surface area contributed by atoms with E-state index in [4.69, 9.17) is 0 Å². The zero-order chi connectivity index (χ0) is 17.6. The first-order valence-electron chi connectivity index (χ1n) is 7.14. The molecule has 1 heterocycles. The van der Waals surface area contributed by atoms with Gasteiger partial charge in [0.05, 0.1) is 21.3 Å². The maximum Gasteiger partial charge on any atom is 0.324 e. The number of nitro groups is 1. The molecule has 1 amide bonds. The quantitative estimate of drug-likeness (QED) is 0.437. The van der Waals surface area contributed by atoms with Gasteiger partial charge in [-0.2, -0.15) is 0 Å². The summed E-state index contributed by atoms with van der Waals surface area (Å²) in [5.74, 6) is -0.500. The van der Waals surface area contributed by atoms with Crippen LogP contribution in [0.15, 0.2) is 42.5 Å². The van der Waals surface area contributed by atoms with Gasteiger partial charge in [0.25, 0.3) is 5.91 Å². The van der Waals surface area contributed by atoms with E-state index in [1.54, 1.807) is 24.3 Å². The van der Waals surface area contributed by atoms with Crippen LogP contribution in [0.2, 0.25) is 0 Å². The predicted octanol–water partition coefficient (Wildman–Crippen LogP) is 2.39. The summed E-state index contributed by atoms with van der Waals surface area (Å²) in [6.07, 6.45) is 0.286. The molecule has 0 saturated carbocycles. The summed E-state index contributed by atoms with van der Waals surface area (Å²) in [6, 6.07) is 11.5. The first kappa shape index (κ1) is 18.1. The van der Waals surface area contributed by atoms with E-state index in [0.29, 0.717) is 0 Å². The van der Waals surface area contributed by atoms with Gasteiger partial charge in [-0.1, -0.05) is 41.7 Å². The minimum absolute atomic E-state index is 0.0289. The maximum absolute atomic E-state index is 12.0. The molecule has 2 rings (SSSR count). The van der Waals surface area contributed by atoms with E-state index in [0.717, 1.165) is 16.9 Å². The summed E-state index contributed by atoms with van der Waals surface area (Å²) in [6.45, 7) is 0.193. The minimum Gasteiger partial charge on any atom is -0.351 e. The average molecular weight is 368 g/mol. The summed E-state index contributed by atoms with van der Waals surface area (Å²) in [5, 5.41) is 13.0. The zero-order valence-electron chi connectivity index (χ0n) is 12.7. The van der Waals surface area contributed by atoms with Gasteiger partial charge in [-0.3, -0.25) is 14.9 Å². The number of carbonyl (C=O) groups is 1. The van der Waals surface area contributed by atoms with Crippen molar-refractivity contribution in [1.82, 2.24) is 5.32 Å². The lowest BCUT2D eigenvalue weighted by molar-refractivity contribution is -0.380. The number of nitrogens with one attached hydrogen (secondary N) is 1. The van der Waals surface area contributed by atoms with Crippen molar-refractivity contribution in [2.75, 3.05) is 12.3 Å². The van der Waals surface area contributed by atoms with Crippen LogP contribution in [0.3, 0.4) is 0 Å². The molecule has 1 N–H and O–H groups in total. The Morgan fingerprint density at radius 1 is 1.17 bits per heavy atom. The molecule has 0 aliphatic heterocycles. The maximum atomic E-state index is 12.0. The normalized spacial score (nSPS) is 11.2. The van der Waals surface area contributed by atoms with Crippen LogP contribution in [-0.4, -0.2) is 31.5 Å². The molecule has 0 bridgehead atoms. The first-order chi connectivity index (χ1) is 11.4. The molecule has 0 atom stereocenters. The van der Waals surface area contributed by atoms with Gasteiger partial charge in [0.2, 0.25) is 0 Å². The number of hydrogen-bond acceptors (Lipinski definition) is 6. The Hall–Kier alpha value is -2.26. The van der Waals surface area contributed by atoms with Crippen LogP contribution < -0.4 is 5.32 Å². The van der Waals surface area contributed by atoms with Crippen LogP contribution in [-0.2, 0) is 15.6 Å². The summed E-state index contributed by atoms with van der Waals surface area (Å²) < 4.78 is 24.0. The van der Waals surface area contributed by atoms with Gasteiger partial charge in [0.1, 0.15) is 0 Å². The van der Waals surface area contributed by atoms with Gasteiger partial charge in [-0.25, -0.2) is 8.42 Å². The van der Waals surface area contributed by atoms with Gasteiger partial charge in [0, 0.05) is 12.6 Å². The lowest BCUT2D eigenvalue weighted by atomic mass is 10.2. The van der Waals surface area contributed by atoms with Crippen molar-refractivity contribution in [3.05, 3.63) is 63.0 Å². The Bertz CT molecular complexity index is 815. The van der Waals surface area contributed by atoms with Crippen LogP contribution in [0.1, 0.15) is 21.7 Å². The minimum atomic E-state index is -3.24. The monoisotopic (exact) mass is 368 g/mol. The summed E-state index contributed by atoms with van der Waals surface area (Å²) in [7, 11) is -3.24. The van der Waals surface area contributed by atoms with Gasteiger partial charge in [-0.05, 0) is 18.1 Å². The Labute approximate surface area is 143 Å². The molecule has 128 valence electrons. The number of benzene rings is 1. The second kappa shape index (κ2) is 8.02. The third-order valence-corrected chi connectivity index (χ3v) is 5.86. The molecule has 1 aromatic carbocycles. The van der Waals surface area contributed by atoms with E-state index in [9.17, 15) is 23.3 Å². The highest BCUT2D eigenvalue weighted by Crippen LogP contribution is 2.23. The fourth-order valence-corrected chi connectivity index (χ4v) is 4.19. The first-order valence-corrected chi connectivity index (χ1v) is 9.78. The molecule has 0 unspecified atom stereocenters. The standard InChI is InChI=1S/C15H16N2O5S2/c18-15(13-7-8-14(23-13)17(19)20)16-9-4-10-24(21,22)11-12-5-2-1-3-6-12/h1-3,5-8H,4,9-11H2,(H,16,18). The molecule has 0 aliphatic carbocycles. The van der Waals surface area contributed by atoms with Crippen molar-refractivity contribution in [1.29, 1.82) is 0 Å². The van der Waals surface area contributed by atoms with Crippen LogP contribution in [0, 0.1) is 10.1 Å². The summed E-state index contributed by atoms with van der Waals surface area (Å²) in [5.41, 5.74) is 0.729. The molecule has 0 spiro atoms. The lowest BCUT2D eigenvalue weighted by Gasteiger charge is -2.06. The Morgan fingerprint density at radius 3 is 2.50 bits per heavy atom. The lowest BCUT2D eigenvalue weighted by Crippen LogP contribution is -2.25. The molecular weight excluding hydrogens is 352 g/mol. The SMILES string of the molecule is O=C(NCCCS(=O)(=O)Cc1ccccc1)c1ccc([N+](=O)[O-])s1. The van der Waals surface area contributed by atoms with E-state index in [1.165, 1.54) is 12.1 Å². The predicted molar refractivity (Wildman–Crippen MR) is 91.9 cm³/mol. The number of rotatable bonds is 8. The van der Waals surface area contributed by atoms with Crippen LogP contribution >= 0.6 is 11.3 Å². The summed E-state index contributed by atoms with van der Waals surface area (Å²) >= 11 is 0.785. The number of nitrogens with zero attached hydrogens (tertiary/aromatic N) is 1. The van der Waals surface area contributed by atoms with E-state index < -0.39 is 20.7 Å². The van der Waals surface area contributed by atoms with Crippen molar-refractivity contribution in [2.45, 2.75) is 12.2 Å². The van der Waals surface area contributed by atoms with Gasteiger partial charge >= 0.3 is 5.00 Å². The summed E-state index contributed by atoms with van der Waals surface area (Å²) in [4.78, 5) is 22.1. The number of amides is 1. The zero-order valence-corrected chi connectivity index (χ0v) is 14.3. The smallest absolute Gasteiger partial charge is 0.324 e. The molecule has 2 aromatic rings. The number of carbonyl (C=O) groups excluding carboxylic acids is 1. The van der Waals surface area contributed by atoms with Gasteiger partial charge in [-0.15, -0.1) is 0 Å². The van der Waals surface area contributed by atoms with Crippen LogP contribution in [0.5, 0.6) is 0 Å². The van der Waals surface area contributed by atoms with Crippen molar-refractivity contribution < 1.29 is 18.1 Å². The highest BCUT2D eigenvalue weighted by Gasteiger charge is 2.16. The molecule has 0 aliphatic rings.